The van der Waals surface area contributed by atoms with Crippen LogP contribution in [0.5, 0.6) is 0 Å². The van der Waals surface area contributed by atoms with Crippen LogP contribution < -0.4 is 0 Å². The Kier molecular flexibility index (Phi) is 3.43. The molecule has 0 unspecified atom stereocenters. The largest absolute Gasteiger partial charge is 0.289 e. The summed E-state index contributed by atoms with van der Waals surface area (Å²) in [5.41, 5.74) is 2.65. The van der Waals surface area contributed by atoms with Gasteiger partial charge in [-0.2, -0.15) is 0 Å². The number of benzene rings is 2. The molecule has 4 heteroatoms. The molecule has 0 aliphatic carbocycles. The Morgan fingerprint density at radius 2 is 1.76 bits per heavy atom. The lowest BCUT2D eigenvalue weighted by molar-refractivity contribution is 0.103. The smallest absolute Gasteiger partial charge is 0.193 e. The summed E-state index contributed by atoms with van der Waals surface area (Å²) in [7, 11) is 0. The van der Waals surface area contributed by atoms with Gasteiger partial charge in [0.1, 0.15) is 5.82 Å². The van der Waals surface area contributed by atoms with Gasteiger partial charge in [0.15, 0.2) is 5.78 Å². The maximum atomic E-state index is 13.2. The van der Waals surface area contributed by atoms with Crippen LogP contribution >= 0.6 is 11.6 Å². The molecular weight excluding hydrogens is 289 g/mol. The van der Waals surface area contributed by atoms with Gasteiger partial charge in [-0.25, -0.2) is 4.39 Å². The van der Waals surface area contributed by atoms with E-state index in [0.29, 0.717) is 11.1 Å². The number of rotatable bonds is 2. The number of aromatic nitrogens is 1. The summed E-state index contributed by atoms with van der Waals surface area (Å²) in [5.74, 6) is -0.731. The van der Waals surface area contributed by atoms with Crippen LogP contribution in [-0.4, -0.2) is 10.8 Å². The van der Waals surface area contributed by atoms with Crippen molar-refractivity contribution in [2.75, 3.05) is 0 Å². The summed E-state index contributed by atoms with van der Waals surface area (Å²) in [4.78, 5) is 16.8. The van der Waals surface area contributed by atoms with Crippen molar-refractivity contribution >= 4 is 28.3 Å². The van der Waals surface area contributed by atoms with Crippen molar-refractivity contribution in [3.05, 3.63) is 76.2 Å². The summed E-state index contributed by atoms with van der Waals surface area (Å²) in [6, 6.07) is 13.1. The Bertz CT molecular complexity index is 861. The summed E-state index contributed by atoms with van der Waals surface area (Å²) < 4.78 is 13.2. The van der Waals surface area contributed by atoms with E-state index in [0.717, 1.165) is 16.6 Å². The molecule has 2 nitrogen and oxygen atoms in total. The minimum Gasteiger partial charge on any atom is -0.289 e. The number of pyridine rings is 1. The van der Waals surface area contributed by atoms with Crippen molar-refractivity contribution in [3.8, 4) is 0 Å². The highest BCUT2D eigenvalue weighted by molar-refractivity contribution is 6.31. The fourth-order valence-electron chi connectivity index (χ4n) is 2.17. The highest BCUT2D eigenvalue weighted by atomic mass is 35.5. The second-order valence-corrected chi connectivity index (χ2v) is 5.23. The molecule has 0 fully saturated rings. The molecule has 1 aromatic heterocycles. The van der Waals surface area contributed by atoms with E-state index < -0.39 is 5.82 Å². The SMILES string of the molecule is Cc1ccc2cc(C(=O)c3ccc(F)c(Cl)c3)ccc2n1. The quantitative estimate of drug-likeness (QED) is 0.649. The maximum Gasteiger partial charge on any atom is 0.193 e. The fraction of sp³-hybridized carbons (Fsp3) is 0.0588. The number of hydrogen-bond acceptors (Lipinski definition) is 2. The number of carbonyl (C=O) groups is 1. The van der Waals surface area contributed by atoms with Crippen molar-refractivity contribution in [2.24, 2.45) is 0 Å². The monoisotopic (exact) mass is 299 g/mol. The third kappa shape index (κ3) is 2.65. The van der Waals surface area contributed by atoms with E-state index in [1.807, 2.05) is 19.1 Å². The molecule has 1 heterocycles. The van der Waals surface area contributed by atoms with Crippen LogP contribution in [-0.2, 0) is 0 Å². The standard InChI is InChI=1S/C17H11ClFNO/c1-10-2-3-11-8-12(5-7-16(11)20-10)17(21)13-4-6-15(19)14(18)9-13/h2-9H,1H3. The first-order chi connectivity index (χ1) is 10.0. The predicted molar refractivity (Wildman–Crippen MR) is 81.3 cm³/mol. The minimum absolute atomic E-state index is 0.0565. The van der Waals surface area contributed by atoms with Gasteiger partial charge in [-0.1, -0.05) is 17.7 Å². The van der Waals surface area contributed by atoms with Crippen LogP contribution in [0.2, 0.25) is 5.02 Å². The molecule has 0 saturated heterocycles. The van der Waals surface area contributed by atoms with E-state index >= 15 is 0 Å². The van der Waals surface area contributed by atoms with Crippen molar-refractivity contribution < 1.29 is 9.18 Å². The summed E-state index contributed by atoms with van der Waals surface area (Å²) in [5, 5.41) is 0.832. The van der Waals surface area contributed by atoms with Crippen LogP contribution in [0.15, 0.2) is 48.5 Å². The minimum atomic E-state index is -0.536. The average molecular weight is 300 g/mol. The Morgan fingerprint density at radius 3 is 2.52 bits per heavy atom. The topological polar surface area (TPSA) is 30.0 Å². The fourth-order valence-corrected chi connectivity index (χ4v) is 2.35. The molecule has 0 aliphatic rings. The molecule has 0 saturated carbocycles. The molecule has 0 atom stereocenters. The lowest BCUT2D eigenvalue weighted by Crippen LogP contribution is -2.01. The molecular formula is C17H11ClFNO. The highest BCUT2D eigenvalue weighted by Crippen LogP contribution is 2.21. The first-order valence-electron chi connectivity index (χ1n) is 6.42. The van der Waals surface area contributed by atoms with Crippen molar-refractivity contribution in [1.29, 1.82) is 0 Å². The van der Waals surface area contributed by atoms with E-state index in [1.165, 1.54) is 18.2 Å². The third-order valence-corrected chi connectivity index (χ3v) is 3.56. The molecule has 0 radical (unpaired) electrons. The van der Waals surface area contributed by atoms with Crippen LogP contribution in [0.1, 0.15) is 21.6 Å². The van der Waals surface area contributed by atoms with Gasteiger partial charge in [-0.05, 0) is 49.4 Å². The Morgan fingerprint density at radius 1 is 1.05 bits per heavy atom. The third-order valence-electron chi connectivity index (χ3n) is 3.27. The van der Waals surface area contributed by atoms with Crippen LogP contribution in [0.25, 0.3) is 10.9 Å². The first-order valence-corrected chi connectivity index (χ1v) is 6.79. The molecule has 2 aromatic carbocycles. The second kappa shape index (κ2) is 5.26. The van der Waals surface area contributed by atoms with Crippen molar-refractivity contribution in [3.63, 3.8) is 0 Å². The van der Waals surface area contributed by atoms with Crippen LogP contribution in [0.4, 0.5) is 4.39 Å². The number of aryl methyl sites for hydroxylation is 1. The molecule has 0 N–H and O–H groups in total. The van der Waals surface area contributed by atoms with E-state index in [2.05, 4.69) is 4.98 Å². The van der Waals surface area contributed by atoms with Gasteiger partial charge in [0, 0.05) is 22.2 Å². The Hall–Kier alpha value is -2.26. The number of ketones is 1. The molecule has 3 aromatic rings. The van der Waals surface area contributed by atoms with E-state index in [9.17, 15) is 9.18 Å². The number of carbonyl (C=O) groups excluding carboxylic acids is 1. The van der Waals surface area contributed by atoms with Crippen molar-refractivity contribution in [1.82, 2.24) is 4.98 Å². The van der Waals surface area contributed by atoms with E-state index in [-0.39, 0.29) is 10.8 Å². The summed E-state index contributed by atoms with van der Waals surface area (Å²) >= 11 is 5.72. The zero-order valence-corrected chi connectivity index (χ0v) is 12.0. The zero-order valence-electron chi connectivity index (χ0n) is 11.2. The van der Waals surface area contributed by atoms with Gasteiger partial charge < -0.3 is 0 Å². The van der Waals surface area contributed by atoms with Gasteiger partial charge in [0.2, 0.25) is 0 Å². The molecule has 0 spiro atoms. The van der Waals surface area contributed by atoms with Gasteiger partial charge in [-0.15, -0.1) is 0 Å². The molecule has 3 rings (SSSR count). The predicted octanol–water partition coefficient (Wildman–Crippen LogP) is 4.57. The lowest BCUT2D eigenvalue weighted by atomic mass is 10.0. The van der Waals surface area contributed by atoms with Crippen LogP contribution in [0, 0.1) is 12.7 Å². The van der Waals surface area contributed by atoms with Gasteiger partial charge in [0.25, 0.3) is 0 Å². The molecule has 0 aliphatic heterocycles. The molecule has 21 heavy (non-hydrogen) atoms. The van der Waals surface area contributed by atoms with Gasteiger partial charge in [-0.3, -0.25) is 9.78 Å². The van der Waals surface area contributed by atoms with E-state index in [4.69, 9.17) is 11.6 Å². The summed E-state index contributed by atoms with van der Waals surface area (Å²) in [6.07, 6.45) is 0. The number of hydrogen-bond donors (Lipinski definition) is 0. The Balaban J connectivity index is 2.04. The molecule has 104 valence electrons. The van der Waals surface area contributed by atoms with E-state index in [1.54, 1.807) is 18.2 Å². The summed E-state index contributed by atoms with van der Waals surface area (Å²) in [6.45, 7) is 1.92. The molecule has 0 bridgehead atoms. The van der Waals surface area contributed by atoms with Crippen LogP contribution in [0.3, 0.4) is 0 Å². The van der Waals surface area contributed by atoms with Gasteiger partial charge >= 0.3 is 0 Å². The second-order valence-electron chi connectivity index (χ2n) is 4.82. The number of halogens is 2. The highest BCUT2D eigenvalue weighted by Gasteiger charge is 2.12. The zero-order chi connectivity index (χ0) is 15.0. The van der Waals surface area contributed by atoms with Crippen molar-refractivity contribution in [2.45, 2.75) is 6.92 Å². The first kappa shape index (κ1) is 13.7. The number of nitrogens with zero attached hydrogens (tertiary/aromatic N) is 1. The number of fused-ring (bicyclic) bond motifs is 1. The normalized spacial score (nSPS) is 10.8. The molecule has 0 amide bonds. The Labute approximate surface area is 126 Å². The average Bonchev–Trinajstić information content (AvgIpc) is 2.49. The lowest BCUT2D eigenvalue weighted by Gasteiger charge is -2.05. The van der Waals surface area contributed by atoms with Gasteiger partial charge in [0.05, 0.1) is 10.5 Å². The maximum absolute atomic E-state index is 13.2.